The van der Waals surface area contributed by atoms with Gasteiger partial charge < -0.3 is 13.7 Å². The number of esters is 1. The Bertz CT molecular complexity index is 1300. The van der Waals surface area contributed by atoms with E-state index in [0.29, 0.717) is 12.8 Å². The van der Waals surface area contributed by atoms with E-state index in [-0.39, 0.29) is 41.2 Å². The molecular formula is C35H56N2O4Si. The van der Waals surface area contributed by atoms with Crippen LogP contribution in [-0.4, -0.2) is 35.7 Å². The molecule has 1 aliphatic rings. The first-order valence-corrected chi connectivity index (χ1v) is 18.7. The highest BCUT2D eigenvalue weighted by Crippen LogP contribution is 2.41. The molecule has 2 heterocycles. The minimum atomic E-state index is -2.10. The van der Waals surface area contributed by atoms with Crippen LogP contribution >= 0.6 is 0 Å². The monoisotopic (exact) mass is 596 g/mol. The summed E-state index contributed by atoms with van der Waals surface area (Å²) in [5.41, 5.74) is 3.53. The molecule has 0 N–H and O–H groups in total. The van der Waals surface area contributed by atoms with E-state index < -0.39 is 19.8 Å². The first-order valence-electron chi connectivity index (χ1n) is 15.8. The van der Waals surface area contributed by atoms with Gasteiger partial charge in [-0.3, -0.25) is 9.59 Å². The maximum absolute atomic E-state index is 14.0. The molecule has 0 amide bonds. The average molecular weight is 597 g/mol. The van der Waals surface area contributed by atoms with Gasteiger partial charge in [0.25, 0.3) is 0 Å². The van der Waals surface area contributed by atoms with Crippen molar-refractivity contribution in [1.82, 2.24) is 9.55 Å². The lowest BCUT2D eigenvalue weighted by molar-refractivity contribution is -0.150. The van der Waals surface area contributed by atoms with Crippen molar-refractivity contribution < 1.29 is 18.8 Å². The van der Waals surface area contributed by atoms with Crippen LogP contribution in [0.3, 0.4) is 0 Å². The zero-order valence-corrected chi connectivity index (χ0v) is 29.4. The van der Waals surface area contributed by atoms with Crippen LogP contribution in [0, 0.1) is 24.2 Å². The molecule has 1 aliphatic heterocycles. The quantitative estimate of drug-likeness (QED) is 0.201. The summed E-state index contributed by atoms with van der Waals surface area (Å²) in [5.74, 6) is 0.833. The zero-order chi connectivity index (χ0) is 31.6. The first kappa shape index (κ1) is 34.2. The smallest absolute Gasteiger partial charge is 0.306 e. The number of fused-ring (bicyclic) bond motifs is 1. The number of benzene rings is 1. The maximum Gasteiger partial charge on any atom is 0.306 e. The van der Waals surface area contributed by atoms with Crippen LogP contribution in [0.4, 0.5) is 0 Å². The number of aryl methyl sites for hydroxylation is 2. The summed E-state index contributed by atoms with van der Waals surface area (Å²) in [6.07, 6.45) is 5.91. The Morgan fingerprint density at radius 2 is 1.76 bits per heavy atom. The topological polar surface area (TPSA) is 70.4 Å². The SMILES string of the molecule is CC1=CC[C@@H](c2ccc3c(c2)nc(C)n3C)OC(=O)CCC(C)(C)C(=O)[C@H](C)[C@@H](O[Si](C)(C)C(C)(C)C)[C@@H](C)CCC1. The normalized spacial score (nSPS) is 25.8. The Labute approximate surface area is 255 Å². The van der Waals surface area contributed by atoms with E-state index >= 15 is 0 Å². The Balaban J connectivity index is 1.91. The van der Waals surface area contributed by atoms with Gasteiger partial charge in [-0.2, -0.15) is 0 Å². The summed E-state index contributed by atoms with van der Waals surface area (Å²) < 4.78 is 15.2. The number of Topliss-reactive ketones (excluding diaryl/α,β-unsaturated/α-hetero) is 1. The average Bonchev–Trinajstić information content (AvgIpc) is 3.18. The molecule has 0 spiro atoms. The third-order valence-corrected chi connectivity index (χ3v) is 14.5. The van der Waals surface area contributed by atoms with Crippen molar-refractivity contribution in [3.8, 4) is 0 Å². The highest BCUT2D eigenvalue weighted by Gasteiger charge is 2.44. The summed E-state index contributed by atoms with van der Waals surface area (Å²) in [6, 6.07) is 6.14. The van der Waals surface area contributed by atoms with Crippen molar-refractivity contribution in [2.75, 3.05) is 0 Å². The number of cyclic esters (lactones) is 1. The van der Waals surface area contributed by atoms with Crippen molar-refractivity contribution in [3.05, 3.63) is 41.2 Å². The molecule has 3 rings (SSSR count). The van der Waals surface area contributed by atoms with Gasteiger partial charge >= 0.3 is 5.97 Å². The molecule has 0 saturated heterocycles. The van der Waals surface area contributed by atoms with Crippen molar-refractivity contribution >= 4 is 31.1 Å². The van der Waals surface area contributed by atoms with Gasteiger partial charge in [0.15, 0.2) is 8.32 Å². The van der Waals surface area contributed by atoms with Gasteiger partial charge in [0.2, 0.25) is 0 Å². The van der Waals surface area contributed by atoms with Gasteiger partial charge in [-0.25, -0.2) is 4.98 Å². The number of carbonyl (C=O) groups excluding carboxylic acids is 2. The van der Waals surface area contributed by atoms with Gasteiger partial charge in [0.1, 0.15) is 17.7 Å². The fraction of sp³-hybridized carbons (Fsp3) is 0.686. The summed E-state index contributed by atoms with van der Waals surface area (Å²) >= 11 is 0. The molecule has 1 aromatic carbocycles. The number of ether oxygens (including phenoxy) is 1. The molecule has 1 aromatic heterocycles. The second-order valence-corrected chi connectivity index (χ2v) is 19.7. The number of carbonyl (C=O) groups is 2. The van der Waals surface area contributed by atoms with E-state index in [9.17, 15) is 9.59 Å². The molecule has 0 radical (unpaired) electrons. The molecule has 6 nitrogen and oxygen atoms in total. The number of aromatic nitrogens is 2. The van der Waals surface area contributed by atoms with Gasteiger partial charge in [0, 0.05) is 31.2 Å². The standard InChI is InChI=1S/C35H56N2O4Si/c1-23-14-13-15-24(2)32(41-42(11,12)34(5,6)7)25(3)33(39)35(8,9)21-20-31(38)40-30(19-16-23)27-17-18-29-28(22-27)36-26(4)37(29)10/h16-18,22,24-25,30,32H,13-15,19-21H2,1-12H3/t24-,25+,30-,32-/m0/s1. The molecule has 234 valence electrons. The molecule has 0 bridgehead atoms. The predicted molar refractivity (Wildman–Crippen MR) is 175 cm³/mol. The summed E-state index contributed by atoms with van der Waals surface area (Å²) in [7, 11) is -0.0929. The highest BCUT2D eigenvalue weighted by atomic mass is 28.4. The maximum atomic E-state index is 14.0. The van der Waals surface area contributed by atoms with Crippen LogP contribution < -0.4 is 0 Å². The molecule has 0 unspecified atom stereocenters. The molecule has 0 saturated carbocycles. The summed E-state index contributed by atoms with van der Waals surface area (Å²) in [4.78, 5) is 32.0. The Morgan fingerprint density at radius 1 is 1.10 bits per heavy atom. The minimum absolute atomic E-state index is 0.0554. The van der Waals surface area contributed by atoms with Crippen molar-refractivity contribution in [1.29, 1.82) is 0 Å². The second kappa shape index (κ2) is 13.2. The highest BCUT2D eigenvalue weighted by molar-refractivity contribution is 6.74. The van der Waals surface area contributed by atoms with Crippen LogP contribution in [0.1, 0.15) is 111 Å². The Kier molecular flexibility index (Phi) is 10.7. The Hall–Kier alpha value is -2.25. The number of nitrogens with zero attached hydrogens (tertiary/aromatic N) is 2. The van der Waals surface area contributed by atoms with E-state index in [1.54, 1.807) is 0 Å². The minimum Gasteiger partial charge on any atom is -0.457 e. The van der Waals surface area contributed by atoms with Crippen LogP contribution in [0.15, 0.2) is 29.8 Å². The molecule has 0 fully saturated rings. The lowest BCUT2D eigenvalue weighted by Crippen LogP contribution is -2.50. The summed E-state index contributed by atoms with van der Waals surface area (Å²) in [6.45, 7) is 23.7. The third-order valence-electron chi connectivity index (χ3n) is 10.0. The fourth-order valence-electron chi connectivity index (χ4n) is 5.82. The lowest BCUT2D eigenvalue weighted by atomic mass is 9.74. The van der Waals surface area contributed by atoms with Crippen LogP contribution in [0.25, 0.3) is 11.0 Å². The molecule has 2 aromatic rings. The first-order chi connectivity index (χ1) is 19.3. The van der Waals surface area contributed by atoms with Crippen molar-refractivity contribution in [3.63, 3.8) is 0 Å². The summed E-state index contributed by atoms with van der Waals surface area (Å²) in [5, 5.41) is 0.0554. The van der Waals surface area contributed by atoms with E-state index in [0.717, 1.165) is 41.7 Å². The number of rotatable bonds is 3. The zero-order valence-electron chi connectivity index (χ0n) is 28.4. The number of allylic oxidation sites excluding steroid dienone is 1. The van der Waals surface area contributed by atoms with Gasteiger partial charge in [-0.1, -0.05) is 66.2 Å². The second-order valence-electron chi connectivity index (χ2n) is 15.0. The van der Waals surface area contributed by atoms with Crippen LogP contribution in [0.2, 0.25) is 18.1 Å². The van der Waals surface area contributed by atoms with Crippen molar-refractivity contribution in [2.45, 2.75) is 131 Å². The predicted octanol–water partition coefficient (Wildman–Crippen LogP) is 9.02. The van der Waals surface area contributed by atoms with Gasteiger partial charge in [-0.15, -0.1) is 0 Å². The molecule has 42 heavy (non-hydrogen) atoms. The molecule has 0 aliphatic carbocycles. The van der Waals surface area contributed by atoms with Gasteiger partial charge in [-0.05, 0) is 81.3 Å². The van der Waals surface area contributed by atoms with Crippen molar-refractivity contribution in [2.24, 2.45) is 24.3 Å². The van der Waals surface area contributed by atoms with E-state index in [4.69, 9.17) is 14.1 Å². The number of hydrogen-bond acceptors (Lipinski definition) is 5. The third kappa shape index (κ3) is 8.01. The molecular weight excluding hydrogens is 540 g/mol. The van der Waals surface area contributed by atoms with E-state index in [2.05, 4.69) is 64.4 Å². The van der Waals surface area contributed by atoms with E-state index in [1.807, 2.05) is 46.9 Å². The molecule has 4 atom stereocenters. The number of imidazole rings is 1. The Morgan fingerprint density at radius 3 is 2.40 bits per heavy atom. The number of ketones is 1. The van der Waals surface area contributed by atoms with E-state index in [1.165, 1.54) is 5.57 Å². The van der Waals surface area contributed by atoms with Crippen LogP contribution in [-0.2, 0) is 25.8 Å². The largest absolute Gasteiger partial charge is 0.457 e. The number of hydrogen-bond donors (Lipinski definition) is 0. The van der Waals surface area contributed by atoms with Crippen LogP contribution in [0.5, 0.6) is 0 Å². The lowest BCUT2D eigenvalue weighted by Gasteiger charge is -2.43. The van der Waals surface area contributed by atoms with Gasteiger partial charge in [0.05, 0.1) is 17.1 Å². The fourth-order valence-corrected chi connectivity index (χ4v) is 7.29. The molecule has 7 heteroatoms.